The molecule has 0 aromatic rings. The largest absolute Gasteiger partial charge is 0.315 e. The van der Waals surface area contributed by atoms with Gasteiger partial charge in [0.15, 0.2) is 0 Å². The van der Waals surface area contributed by atoms with Crippen LogP contribution in [0.1, 0.15) is 71.6 Å². The van der Waals surface area contributed by atoms with Gasteiger partial charge in [0, 0.05) is 12.6 Å². The van der Waals surface area contributed by atoms with E-state index in [9.17, 15) is 0 Å². The van der Waals surface area contributed by atoms with Crippen LogP contribution in [0.5, 0.6) is 0 Å². The van der Waals surface area contributed by atoms with Gasteiger partial charge in [0.2, 0.25) is 0 Å². The van der Waals surface area contributed by atoms with Gasteiger partial charge in [-0.15, -0.1) is 0 Å². The summed E-state index contributed by atoms with van der Waals surface area (Å²) in [4.78, 5) is 2.75. The van der Waals surface area contributed by atoms with Gasteiger partial charge in [-0.3, -0.25) is 4.90 Å². The second kappa shape index (κ2) is 10.8. The molecule has 1 aliphatic heterocycles. The van der Waals surface area contributed by atoms with E-state index in [0.717, 1.165) is 6.04 Å². The van der Waals surface area contributed by atoms with E-state index in [0.29, 0.717) is 0 Å². The molecule has 1 aliphatic rings. The molecule has 1 rings (SSSR count). The van der Waals surface area contributed by atoms with Crippen molar-refractivity contribution in [2.45, 2.75) is 77.7 Å². The summed E-state index contributed by atoms with van der Waals surface area (Å²) in [6, 6.07) is 0.816. The van der Waals surface area contributed by atoms with Crippen LogP contribution in [0.3, 0.4) is 0 Å². The van der Waals surface area contributed by atoms with Crippen LogP contribution in [0.15, 0.2) is 0 Å². The monoisotopic (exact) mass is 254 g/mol. The van der Waals surface area contributed by atoms with E-state index in [1.54, 1.807) is 0 Å². The number of hydrogen-bond acceptors (Lipinski definition) is 2. The molecule has 0 spiro atoms. The van der Waals surface area contributed by atoms with Crippen molar-refractivity contribution in [2.75, 3.05) is 26.2 Å². The fraction of sp³-hybridized carbons (Fsp3) is 1.00. The normalized spacial score (nSPS) is 21.3. The summed E-state index contributed by atoms with van der Waals surface area (Å²) < 4.78 is 0. The fourth-order valence-electron chi connectivity index (χ4n) is 2.95. The minimum atomic E-state index is 0.816. The van der Waals surface area contributed by atoms with Crippen LogP contribution in [0, 0.1) is 0 Å². The number of hydrogen-bond donors (Lipinski definition) is 1. The van der Waals surface area contributed by atoms with Gasteiger partial charge >= 0.3 is 0 Å². The average molecular weight is 254 g/mol. The average Bonchev–Trinajstić information content (AvgIpc) is 2.40. The summed E-state index contributed by atoms with van der Waals surface area (Å²) in [7, 11) is 0. The van der Waals surface area contributed by atoms with Crippen LogP contribution < -0.4 is 5.32 Å². The van der Waals surface area contributed by atoms with Gasteiger partial charge in [0.05, 0.1) is 0 Å². The minimum absolute atomic E-state index is 0.816. The van der Waals surface area contributed by atoms with Crippen LogP contribution in [-0.4, -0.2) is 37.1 Å². The number of likely N-dealkylation sites (tertiary alicyclic amines) is 1. The fourth-order valence-corrected chi connectivity index (χ4v) is 2.95. The van der Waals surface area contributed by atoms with E-state index < -0.39 is 0 Å². The topological polar surface area (TPSA) is 15.3 Å². The Balaban J connectivity index is 2.13. The second-order valence-corrected chi connectivity index (χ2v) is 5.80. The maximum absolute atomic E-state index is 3.60. The molecule has 0 radical (unpaired) electrons. The summed E-state index contributed by atoms with van der Waals surface area (Å²) in [5, 5.41) is 3.60. The molecule has 0 saturated carbocycles. The molecule has 0 aromatic heterocycles. The van der Waals surface area contributed by atoms with E-state index in [-0.39, 0.29) is 0 Å². The van der Waals surface area contributed by atoms with Crippen LogP contribution >= 0.6 is 0 Å². The minimum Gasteiger partial charge on any atom is -0.315 e. The molecule has 0 amide bonds. The van der Waals surface area contributed by atoms with E-state index in [4.69, 9.17) is 0 Å². The van der Waals surface area contributed by atoms with Crippen molar-refractivity contribution in [3.63, 3.8) is 0 Å². The van der Waals surface area contributed by atoms with E-state index >= 15 is 0 Å². The first-order chi connectivity index (χ1) is 8.88. The summed E-state index contributed by atoms with van der Waals surface area (Å²) >= 11 is 0. The quantitative estimate of drug-likeness (QED) is 0.596. The predicted molar refractivity (Wildman–Crippen MR) is 81.1 cm³/mol. The Morgan fingerprint density at radius 3 is 2.61 bits per heavy atom. The predicted octanol–water partition coefficient (Wildman–Crippen LogP) is 3.81. The third-order valence-electron chi connectivity index (χ3n) is 4.10. The first-order valence-electron chi connectivity index (χ1n) is 8.33. The smallest absolute Gasteiger partial charge is 0.0220 e. The van der Waals surface area contributed by atoms with Gasteiger partial charge < -0.3 is 5.32 Å². The van der Waals surface area contributed by atoms with Gasteiger partial charge in [-0.25, -0.2) is 0 Å². The van der Waals surface area contributed by atoms with Crippen molar-refractivity contribution in [2.24, 2.45) is 0 Å². The highest BCUT2D eigenvalue weighted by Crippen LogP contribution is 2.17. The van der Waals surface area contributed by atoms with Crippen LogP contribution in [0.2, 0.25) is 0 Å². The number of nitrogens with one attached hydrogen (secondary N) is 1. The van der Waals surface area contributed by atoms with Crippen LogP contribution in [0.4, 0.5) is 0 Å². The highest BCUT2D eigenvalue weighted by molar-refractivity contribution is 4.78. The Kier molecular flexibility index (Phi) is 9.59. The Morgan fingerprint density at radius 1 is 1.00 bits per heavy atom. The van der Waals surface area contributed by atoms with Crippen molar-refractivity contribution < 1.29 is 0 Å². The molecular weight excluding hydrogens is 220 g/mol. The molecule has 1 heterocycles. The number of nitrogens with zero attached hydrogens (tertiary/aromatic N) is 1. The van der Waals surface area contributed by atoms with Crippen LogP contribution in [-0.2, 0) is 0 Å². The van der Waals surface area contributed by atoms with E-state index in [1.165, 1.54) is 84.0 Å². The zero-order valence-electron chi connectivity index (χ0n) is 12.7. The molecule has 1 N–H and O–H groups in total. The van der Waals surface area contributed by atoms with Crippen molar-refractivity contribution in [3.8, 4) is 0 Å². The van der Waals surface area contributed by atoms with Crippen LogP contribution in [0.25, 0.3) is 0 Å². The Bertz CT molecular complexity index is 182. The van der Waals surface area contributed by atoms with Crippen molar-refractivity contribution >= 4 is 0 Å². The zero-order chi connectivity index (χ0) is 13.1. The van der Waals surface area contributed by atoms with Gasteiger partial charge in [0.25, 0.3) is 0 Å². The lowest BCUT2D eigenvalue weighted by Gasteiger charge is -2.36. The van der Waals surface area contributed by atoms with Gasteiger partial charge in [0.1, 0.15) is 0 Å². The van der Waals surface area contributed by atoms with E-state index in [1.807, 2.05) is 0 Å². The summed E-state index contributed by atoms with van der Waals surface area (Å²) in [6.07, 6.45) is 12.6. The molecule has 1 atom stereocenters. The number of piperidine rings is 1. The Hall–Kier alpha value is -0.0800. The number of unbranched alkanes of at least 4 members (excludes halogenated alkanes) is 4. The van der Waals surface area contributed by atoms with Crippen molar-refractivity contribution in [1.82, 2.24) is 10.2 Å². The highest BCUT2D eigenvalue weighted by Gasteiger charge is 2.20. The SMILES string of the molecule is CCCCCCCN1CCCCC1CNCCC. The highest BCUT2D eigenvalue weighted by atomic mass is 15.2. The maximum Gasteiger partial charge on any atom is 0.0220 e. The number of rotatable bonds is 10. The maximum atomic E-state index is 3.60. The molecule has 108 valence electrons. The summed E-state index contributed by atoms with van der Waals surface area (Å²) in [5.41, 5.74) is 0. The molecule has 2 heteroatoms. The Labute approximate surface area is 115 Å². The molecule has 1 unspecified atom stereocenters. The molecule has 18 heavy (non-hydrogen) atoms. The van der Waals surface area contributed by atoms with Crippen molar-refractivity contribution in [1.29, 1.82) is 0 Å². The first-order valence-corrected chi connectivity index (χ1v) is 8.33. The van der Waals surface area contributed by atoms with Gasteiger partial charge in [-0.1, -0.05) is 46.0 Å². The molecule has 1 fully saturated rings. The lowest BCUT2D eigenvalue weighted by atomic mass is 10.0. The summed E-state index contributed by atoms with van der Waals surface area (Å²) in [6.45, 7) is 9.61. The Morgan fingerprint density at radius 2 is 1.83 bits per heavy atom. The molecule has 2 nitrogen and oxygen atoms in total. The molecule has 0 bridgehead atoms. The molecule has 0 aliphatic carbocycles. The lowest BCUT2D eigenvalue weighted by Crippen LogP contribution is -2.45. The van der Waals surface area contributed by atoms with Gasteiger partial charge in [-0.05, 0) is 45.3 Å². The molecular formula is C16H34N2. The lowest BCUT2D eigenvalue weighted by molar-refractivity contribution is 0.143. The second-order valence-electron chi connectivity index (χ2n) is 5.80. The first kappa shape index (κ1) is 16.0. The molecule has 0 aromatic carbocycles. The summed E-state index contributed by atoms with van der Waals surface area (Å²) in [5.74, 6) is 0. The zero-order valence-corrected chi connectivity index (χ0v) is 12.7. The standard InChI is InChI=1S/C16H34N2/c1-3-5-6-7-9-13-18-14-10-8-11-16(18)15-17-12-4-2/h16-17H,3-15H2,1-2H3. The van der Waals surface area contributed by atoms with Gasteiger partial charge in [-0.2, -0.15) is 0 Å². The van der Waals surface area contributed by atoms with E-state index in [2.05, 4.69) is 24.1 Å². The molecule has 1 saturated heterocycles. The third-order valence-corrected chi connectivity index (χ3v) is 4.10. The third kappa shape index (κ3) is 6.75. The van der Waals surface area contributed by atoms with Crippen molar-refractivity contribution in [3.05, 3.63) is 0 Å².